The molecule has 0 bridgehead atoms. The number of rotatable bonds is 6. The Labute approximate surface area is 111 Å². The van der Waals surface area contributed by atoms with Gasteiger partial charge in [0.05, 0.1) is 17.4 Å². The van der Waals surface area contributed by atoms with E-state index in [4.69, 9.17) is 5.84 Å². The third-order valence-corrected chi connectivity index (χ3v) is 2.99. The molecule has 1 heterocycles. The normalized spacial score (nSPS) is 12.2. The highest BCUT2D eigenvalue weighted by Crippen LogP contribution is 2.25. The summed E-state index contributed by atoms with van der Waals surface area (Å²) in [7, 11) is 0. The highest BCUT2D eigenvalue weighted by molar-refractivity contribution is 5.77. The van der Waals surface area contributed by atoms with E-state index in [1.165, 1.54) is 4.68 Å². The number of hydrazine groups is 1. The zero-order chi connectivity index (χ0) is 14.6. The minimum absolute atomic E-state index is 0.0605. The third kappa shape index (κ3) is 3.08. The molecule has 19 heavy (non-hydrogen) atoms. The van der Waals surface area contributed by atoms with Crippen LogP contribution in [0.5, 0.6) is 0 Å². The predicted molar refractivity (Wildman–Crippen MR) is 69.1 cm³/mol. The van der Waals surface area contributed by atoms with Crippen LogP contribution in [0.25, 0.3) is 0 Å². The molecule has 0 fully saturated rings. The minimum atomic E-state index is -0.408. The van der Waals surface area contributed by atoms with Crippen molar-refractivity contribution in [1.29, 1.82) is 0 Å². The van der Waals surface area contributed by atoms with Gasteiger partial charge in [-0.1, -0.05) is 20.8 Å². The molecule has 0 spiro atoms. The van der Waals surface area contributed by atoms with Gasteiger partial charge in [0, 0.05) is 0 Å². The Kier molecular flexibility index (Phi) is 4.99. The van der Waals surface area contributed by atoms with Crippen LogP contribution in [-0.2, 0) is 24.2 Å². The van der Waals surface area contributed by atoms with Crippen LogP contribution < -0.4 is 11.3 Å². The molecule has 106 valence electrons. The summed E-state index contributed by atoms with van der Waals surface area (Å²) in [5, 5.41) is 15.3. The zero-order valence-electron chi connectivity index (χ0n) is 11.3. The number of carbonyl (C=O) groups excluding carboxylic acids is 1. The maximum atomic E-state index is 11.4. The van der Waals surface area contributed by atoms with Gasteiger partial charge in [-0.15, -0.1) is 0 Å². The topological polar surface area (TPSA) is 116 Å². The molecule has 1 amide bonds. The fraction of sp³-hybridized carbons (Fsp3) is 0.636. The summed E-state index contributed by atoms with van der Waals surface area (Å²) in [6.07, 6.45) is 0.966. The molecule has 1 atom stereocenters. The lowest BCUT2D eigenvalue weighted by Crippen LogP contribution is -2.36. The molecule has 0 aliphatic heterocycles. The Bertz CT molecular complexity index is 483. The van der Waals surface area contributed by atoms with Gasteiger partial charge in [-0.25, -0.2) is 5.84 Å². The molecular weight excluding hydrogens is 250 g/mol. The van der Waals surface area contributed by atoms with E-state index in [2.05, 4.69) is 10.5 Å². The van der Waals surface area contributed by atoms with Gasteiger partial charge in [0.2, 0.25) is 5.91 Å². The fourth-order valence-electron chi connectivity index (χ4n) is 1.98. The molecule has 1 unspecified atom stereocenters. The van der Waals surface area contributed by atoms with E-state index in [0.29, 0.717) is 24.2 Å². The third-order valence-electron chi connectivity index (χ3n) is 2.99. The first-order chi connectivity index (χ1) is 8.96. The Balaban J connectivity index is 3.14. The lowest BCUT2D eigenvalue weighted by atomic mass is 10.1. The average molecular weight is 269 g/mol. The van der Waals surface area contributed by atoms with Gasteiger partial charge in [0.25, 0.3) is 0 Å². The number of carbonyl (C=O) groups is 1. The second kappa shape index (κ2) is 6.28. The molecule has 8 heteroatoms. The molecule has 0 saturated heterocycles. The molecule has 0 aliphatic rings. The van der Waals surface area contributed by atoms with Gasteiger partial charge >= 0.3 is 5.69 Å². The second-order valence-electron chi connectivity index (χ2n) is 4.30. The summed E-state index contributed by atoms with van der Waals surface area (Å²) >= 11 is 0. The summed E-state index contributed by atoms with van der Waals surface area (Å²) in [6, 6.07) is 0. The number of hydrogen-bond acceptors (Lipinski definition) is 5. The number of nitrogens with zero attached hydrogens (tertiary/aromatic N) is 3. The smallest absolute Gasteiger partial charge is 0.294 e. The predicted octanol–water partition coefficient (Wildman–Crippen LogP) is 0.542. The van der Waals surface area contributed by atoms with E-state index in [9.17, 15) is 14.9 Å². The first-order valence-corrected chi connectivity index (χ1v) is 6.19. The van der Waals surface area contributed by atoms with Crippen LogP contribution >= 0.6 is 0 Å². The molecule has 1 rings (SSSR count). The molecule has 0 radical (unpaired) electrons. The summed E-state index contributed by atoms with van der Waals surface area (Å²) in [4.78, 5) is 22.1. The van der Waals surface area contributed by atoms with Gasteiger partial charge < -0.3 is 0 Å². The highest BCUT2D eigenvalue weighted by atomic mass is 16.6. The molecular formula is C11H19N5O3. The van der Waals surface area contributed by atoms with Gasteiger partial charge in [-0.2, -0.15) is 5.10 Å². The van der Waals surface area contributed by atoms with Crippen LogP contribution in [0.1, 0.15) is 32.2 Å². The molecule has 8 nitrogen and oxygen atoms in total. The molecule has 3 N–H and O–H groups in total. The molecule has 0 saturated carbocycles. The largest absolute Gasteiger partial charge is 0.313 e. The van der Waals surface area contributed by atoms with Crippen LogP contribution in [-0.4, -0.2) is 20.6 Å². The van der Waals surface area contributed by atoms with Crippen molar-refractivity contribution in [3.8, 4) is 0 Å². The molecule has 1 aromatic rings. The maximum Gasteiger partial charge on any atom is 0.313 e. The van der Waals surface area contributed by atoms with Gasteiger partial charge in [0.15, 0.2) is 0 Å². The van der Waals surface area contributed by atoms with Crippen molar-refractivity contribution in [2.75, 3.05) is 0 Å². The van der Waals surface area contributed by atoms with E-state index >= 15 is 0 Å². The first-order valence-electron chi connectivity index (χ1n) is 6.19. The van der Waals surface area contributed by atoms with E-state index < -0.39 is 10.8 Å². The average Bonchev–Trinajstić information content (AvgIpc) is 2.75. The van der Waals surface area contributed by atoms with Crippen molar-refractivity contribution in [2.45, 2.75) is 40.2 Å². The lowest BCUT2D eigenvalue weighted by molar-refractivity contribution is -0.386. The standard InChI is InChI=1S/C11H19N5O3/c1-4-8-10(16(18)19)9(5-2)15(14-8)6-7(3)11(17)13-12/h7H,4-6,12H2,1-3H3,(H,13,17). The van der Waals surface area contributed by atoms with E-state index in [1.54, 1.807) is 6.92 Å². The summed E-state index contributed by atoms with van der Waals surface area (Å²) in [5.74, 6) is 4.34. The second-order valence-corrected chi connectivity index (χ2v) is 4.30. The number of aryl methyl sites for hydroxylation is 1. The Hall–Kier alpha value is -1.96. The van der Waals surface area contributed by atoms with Crippen molar-refractivity contribution in [2.24, 2.45) is 11.8 Å². The van der Waals surface area contributed by atoms with Gasteiger partial charge in [0.1, 0.15) is 11.4 Å². The lowest BCUT2D eigenvalue weighted by Gasteiger charge is -2.11. The van der Waals surface area contributed by atoms with Crippen molar-refractivity contribution < 1.29 is 9.72 Å². The first kappa shape index (κ1) is 15.1. The van der Waals surface area contributed by atoms with Crippen molar-refractivity contribution in [3.63, 3.8) is 0 Å². The SMILES string of the molecule is CCc1nn(CC(C)C(=O)NN)c(CC)c1[N+](=O)[O-]. The van der Waals surface area contributed by atoms with Crippen LogP contribution in [0.15, 0.2) is 0 Å². The van der Waals surface area contributed by atoms with Crippen LogP contribution in [0.4, 0.5) is 5.69 Å². The quantitative estimate of drug-likeness (QED) is 0.338. The number of nitro groups is 1. The van der Waals surface area contributed by atoms with Gasteiger partial charge in [-0.05, 0) is 12.8 Å². The summed E-state index contributed by atoms with van der Waals surface area (Å²) in [6.45, 7) is 5.61. The number of amides is 1. The Morgan fingerprint density at radius 3 is 2.58 bits per heavy atom. The fourth-order valence-corrected chi connectivity index (χ4v) is 1.98. The molecule has 0 aliphatic carbocycles. The Morgan fingerprint density at radius 2 is 2.16 bits per heavy atom. The minimum Gasteiger partial charge on any atom is -0.294 e. The van der Waals surface area contributed by atoms with Crippen molar-refractivity contribution in [3.05, 3.63) is 21.5 Å². The number of nitrogens with one attached hydrogen (secondary N) is 1. The van der Waals surface area contributed by atoms with Crippen molar-refractivity contribution in [1.82, 2.24) is 15.2 Å². The molecule has 1 aromatic heterocycles. The zero-order valence-corrected chi connectivity index (χ0v) is 11.3. The number of aromatic nitrogens is 2. The Morgan fingerprint density at radius 1 is 1.53 bits per heavy atom. The van der Waals surface area contributed by atoms with Crippen LogP contribution in [0.2, 0.25) is 0 Å². The monoisotopic (exact) mass is 269 g/mol. The highest BCUT2D eigenvalue weighted by Gasteiger charge is 2.26. The van der Waals surface area contributed by atoms with Gasteiger partial charge in [-0.3, -0.25) is 25.0 Å². The van der Waals surface area contributed by atoms with E-state index in [1.807, 2.05) is 13.8 Å². The maximum absolute atomic E-state index is 11.4. The number of nitrogens with two attached hydrogens (primary N) is 1. The summed E-state index contributed by atoms with van der Waals surface area (Å²) in [5.41, 5.74) is 3.11. The van der Waals surface area contributed by atoms with Crippen LogP contribution in [0, 0.1) is 16.0 Å². The number of hydrogen-bond donors (Lipinski definition) is 2. The van der Waals surface area contributed by atoms with E-state index in [0.717, 1.165) is 0 Å². The van der Waals surface area contributed by atoms with Crippen molar-refractivity contribution >= 4 is 11.6 Å². The summed E-state index contributed by atoms with van der Waals surface area (Å²) < 4.78 is 1.54. The van der Waals surface area contributed by atoms with Crippen LogP contribution in [0.3, 0.4) is 0 Å². The molecule has 0 aromatic carbocycles. The van der Waals surface area contributed by atoms with E-state index in [-0.39, 0.29) is 18.1 Å².